The molecule has 0 aromatic heterocycles. The van der Waals surface area contributed by atoms with Gasteiger partial charge in [0.1, 0.15) is 13.2 Å². The van der Waals surface area contributed by atoms with Crippen molar-refractivity contribution in [2.75, 3.05) is 13.2 Å². The maximum absolute atomic E-state index is 12.8. The highest BCUT2D eigenvalue weighted by Crippen LogP contribution is 2.14. The Hall–Kier alpha value is -2.89. The van der Waals surface area contributed by atoms with Crippen LogP contribution in [-0.4, -0.2) is 37.2 Å². The van der Waals surface area contributed by atoms with Crippen LogP contribution >= 0.6 is 0 Å². The molecular formula is C58H102O6. The molecule has 0 heterocycles. The molecule has 0 saturated heterocycles. The summed E-state index contributed by atoms with van der Waals surface area (Å²) in [6, 6.07) is 0. The molecule has 1 unspecified atom stereocenters. The zero-order valence-electron chi connectivity index (χ0n) is 42.3. The number of ether oxygens (including phenoxy) is 3. The van der Waals surface area contributed by atoms with Crippen LogP contribution < -0.4 is 0 Å². The molecular weight excluding hydrogens is 793 g/mol. The number of rotatable bonds is 49. The maximum Gasteiger partial charge on any atom is 0.306 e. The zero-order chi connectivity index (χ0) is 46.5. The third-order valence-electron chi connectivity index (χ3n) is 11.8. The van der Waals surface area contributed by atoms with Gasteiger partial charge in [0, 0.05) is 19.3 Å². The Morgan fingerprint density at radius 3 is 0.938 bits per heavy atom. The molecule has 6 heteroatoms. The van der Waals surface area contributed by atoms with E-state index >= 15 is 0 Å². The third kappa shape index (κ3) is 50.1. The lowest BCUT2D eigenvalue weighted by molar-refractivity contribution is -0.167. The molecule has 0 spiro atoms. The molecule has 0 N–H and O–H groups in total. The Morgan fingerprint density at radius 2 is 0.562 bits per heavy atom. The fraction of sp³-hybridized carbons (Fsp3) is 0.776. The molecule has 0 aliphatic heterocycles. The second-order valence-electron chi connectivity index (χ2n) is 18.2. The summed E-state index contributed by atoms with van der Waals surface area (Å²) in [7, 11) is 0. The maximum atomic E-state index is 12.8. The minimum atomic E-state index is -0.792. The van der Waals surface area contributed by atoms with Gasteiger partial charge in [0.05, 0.1) is 0 Å². The van der Waals surface area contributed by atoms with Gasteiger partial charge in [0.25, 0.3) is 0 Å². The van der Waals surface area contributed by atoms with Gasteiger partial charge in [-0.2, -0.15) is 0 Å². The van der Waals surface area contributed by atoms with E-state index in [1.54, 1.807) is 0 Å². The second kappa shape index (κ2) is 52.7. The van der Waals surface area contributed by atoms with Crippen molar-refractivity contribution >= 4 is 17.9 Å². The van der Waals surface area contributed by atoms with Crippen LogP contribution in [0.15, 0.2) is 60.8 Å². The number of carbonyl (C=O) groups is 3. The lowest BCUT2D eigenvalue weighted by Gasteiger charge is -2.18. The van der Waals surface area contributed by atoms with Gasteiger partial charge >= 0.3 is 17.9 Å². The standard InChI is InChI=1S/C58H102O6/c1-4-7-10-13-16-19-22-25-28-31-33-36-39-42-45-48-51-57(60)63-54-55(64-58(61)52-49-46-43-40-37-34-30-27-24-21-18-15-12-9-6-3)53-62-56(59)50-47-44-41-38-35-32-29-26-23-20-17-14-11-8-5-2/h18,20-21,23-24,27-28,31,33,36,55H,4-17,19,22,25-26,29-30,32,34-35,37-54H2,1-3H3/b21-18-,23-20-,27-24-,31-28-,36-33-. The van der Waals surface area contributed by atoms with Gasteiger partial charge in [-0.1, -0.05) is 216 Å². The Bertz CT molecular complexity index is 1170. The van der Waals surface area contributed by atoms with Gasteiger partial charge in [-0.05, 0) is 96.3 Å². The number of hydrogen-bond acceptors (Lipinski definition) is 6. The summed E-state index contributed by atoms with van der Waals surface area (Å²) in [5.74, 6) is -0.926. The number of hydrogen-bond donors (Lipinski definition) is 0. The molecule has 1 atom stereocenters. The van der Waals surface area contributed by atoms with Crippen LogP contribution in [0.2, 0.25) is 0 Å². The predicted octanol–water partition coefficient (Wildman–Crippen LogP) is 18.0. The van der Waals surface area contributed by atoms with Gasteiger partial charge in [-0.3, -0.25) is 14.4 Å². The van der Waals surface area contributed by atoms with Gasteiger partial charge < -0.3 is 14.2 Å². The van der Waals surface area contributed by atoms with Crippen molar-refractivity contribution in [3.05, 3.63) is 60.8 Å². The Kier molecular flexibility index (Phi) is 50.4. The summed E-state index contributed by atoms with van der Waals surface area (Å²) >= 11 is 0. The smallest absolute Gasteiger partial charge is 0.306 e. The lowest BCUT2D eigenvalue weighted by Crippen LogP contribution is -2.30. The third-order valence-corrected chi connectivity index (χ3v) is 11.8. The van der Waals surface area contributed by atoms with E-state index < -0.39 is 6.10 Å². The first-order chi connectivity index (χ1) is 31.5. The molecule has 0 rings (SSSR count). The van der Waals surface area contributed by atoms with E-state index in [1.165, 1.54) is 148 Å². The van der Waals surface area contributed by atoms with Crippen LogP contribution in [-0.2, 0) is 28.6 Å². The quantitative estimate of drug-likeness (QED) is 0.0199. The van der Waals surface area contributed by atoms with E-state index in [-0.39, 0.29) is 31.1 Å². The number of unbranched alkanes of at least 4 members (excludes halogenated alkanes) is 30. The topological polar surface area (TPSA) is 78.9 Å². The average Bonchev–Trinajstić information content (AvgIpc) is 3.29. The molecule has 0 bridgehead atoms. The summed E-state index contributed by atoms with van der Waals surface area (Å²) in [4.78, 5) is 38.0. The Labute approximate surface area is 396 Å². The van der Waals surface area contributed by atoms with Crippen molar-refractivity contribution in [1.82, 2.24) is 0 Å². The summed E-state index contributed by atoms with van der Waals surface area (Å²) < 4.78 is 16.8. The minimum Gasteiger partial charge on any atom is -0.462 e. The SMILES string of the molecule is CCCCC/C=C\C=C/CCCCCCCCC(=O)OC(COC(=O)CCCCC/C=C\C=C/CCCCCCCCC)COC(=O)CCCCCCCCC/C=C\CCCCCC. The summed E-state index contributed by atoms with van der Waals surface area (Å²) in [5.41, 5.74) is 0. The first-order valence-electron chi connectivity index (χ1n) is 27.3. The zero-order valence-corrected chi connectivity index (χ0v) is 42.3. The van der Waals surface area contributed by atoms with Gasteiger partial charge in [0.2, 0.25) is 0 Å². The van der Waals surface area contributed by atoms with Crippen LogP contribution in [0.3, 0.4) is 0 Å². The lowest BCUT2D eigenvalue weighted by atomic mass is 10.1. The molecule has 0 fully saturated rings. The first-order valence-corrected chi connectivity index (χ1v) is 27.3. The largest absolute Gasteiger partial charge is 0.462 e. The molecule has 0 aliphatic rings. The van der Waals surface area contributed by atoms with Crippen molar-refractivity contribution in [1.29, 1.82) is 0 Å². The fourth-order valence-corrected chi connectivity index (χ4v) is 7.59. The number of allylic oxidation sites excluding steroid dienone is 10. The second-order valence-corrected chi connectivity index (χ2v) is 18.2. The van der Waals surface area contributed by atoms with Crippen molar-refractivity contribution in [2.24, 2.45) is 0 Å². The summed E-state index contributed by atoms with van der Waals surface area (Å²) in [6.45, 7) is 6.57. The first kappa shape index (κ1) is 61.1. The Morgan fingerprint density at radius 1 is 0.312 bits per heavy atom. The fourth-order valence-electron chi connectivity index (χ4n) is 7.59. The molecule has 0 aromatic rings. The van der Waals surface area contributed by atoms with E-state index in [2.05, 4.69) is 81.5 Å². The van der Waals surface area contributed by atoms with Crippen LogP contribution in [0.4, 0.5) is 0 Å². The van der Waals surface area contributed by atoms with Crippen molar-refractivity contribution < 1.29 is 28.6 Å². The van der Waals surface area contributed by atoms with Crippen molar-refractivity contribution in [2.45, 2.75) is 277 Å². The molecule has 0 aromatic carbocycles. The number of esters is 3. The molecule has 370 valence electrons. The minimum absolute atomic E-state index is 0.0893. The number of carbonyl (C=O) groups excluding carboxylic acids is 3. The molecule has 0 aliphatic carbocycles. The highest BCUT2D eigenvalue weighted by molar-refractivity contribution is 5.71. The van der Waals surface area contributed by atoms with E-state index in [0.29, 0.717) is 19.3 Å². The molecule has 0 radical (unpaired) electrons. The highest BCUT2D eigenvalue weighted by atomic mass is 16.6. The van der Waals surface area contributed by atoms with E-state index in [4.69, 9.17) is 14.2 Å². The monoisotopic (exact) mass is 895 g/mol. The Balaban J connectivity index is 4.44. The van der Waals surface area contributed by atoms with Crippen LogP contribution in [0.25, 0.3) is 0 Å². The molecule has 0 saturated carbocycles. The van der Waals surface area contributed by atoms with E-state index in [9.17, 15) is 14.4 Å². The van der Waals surface area contributed by atoms with Gasteiger partial charge in [0.15, 0.2) is 6.10 Å². The van der Waals surface area contributed by atoms with Gasteiger partial charge in [-0.25, -0.2) is 0 Å². The van der Waals surface area contributed by atoms with Crippen LogP contribution in [0, 0.1) is 0 Å². The van der Waals surface area contributed by atoms with Crippen molar-refractivity contribution in [3.63, 3.8) is 0 Å². The summed E-state index contributed by atoms with van der Waals surface area (Å²) in [5, 5.41) is 0. The van der Waals surface area contributed by atoms with Crippen LogP contribution in [0.5, 0.6) is 0 Å². The predicted molar refractivity (Wildman–Crippen MR) is 275 cm³/mol. The van der Waals surface area contributed by atoms with Crippen LogP contribution in [0.1, 0.15) is 271 Å². The molecule has 6 nitrogen and oxygen atoms in total. The van der Waals surface area contributed by atoms with Gasteiger partial charge in [-0.15, -0.1) is 0 Å². The normalized spacial score (nSPS) is 12.5. The van der Waals surface area contributed by atoms with E-state index in [1.807, 2.05) is 0 Å². The molecule has 64 heavy (non-hydrogen) atoms. The van der Waals surface area contributed by atoms with Crippen molar-refractivity contribution in [3.8, 4) is 0 Å². The molecule has 0 amide bonds. The van der Waals surface area contributed by atoms with E-state index in [0.717, 1.165) is 83.5 Å². The average molecular weight is 895 g/mol. The highest BCUT2D eigenvalue weighted by Gasteiger charge is 2.19. The summed E-state index contributed by atoms with van der Waals surface area (Å²) in [6.07, 6.45) is 64.8.